The molecule has 9 nitrogen and oxygen atoms in total. The molecular formula is C23H29NO8S. The molecule has 0 spiro atoms. The molecule has 0 bridgehead atoms. The van der Waals surface area contributed by atoms with E-state index in [0.29, 0.717) is 22.8 Å². The summed E-state index contributed by atoms with van der Waals surface area (Å²) in [4.78, 5) is 38.6. The van der Waals surface area contributed by atoms with Crippen molar-refractivity contribution in [1.29, 1.82) is 0 Å². The van der Waals surface area contributed by atoms with Crippen LogP contribution >= 0.6 is 11.3 Å². The van der Waals surface area contributed by atoms with Crippen molar-refractivity contribution in [3.63, 3.8) is 0 Å². The predicted octanol–water partition coefficient (Wildman–Crippen LogP) is 4.47. The van der Waals surface area contributed by atoms with E-state index < -0.39 is 23.4 Å². The first-order chi connectivity index (χ1) is 15.5. The molecule has 0 radical (unpaired) electrons. The fourth-order valence-electron chi connectivity index (χ4n) is 2.96. The molecule has 1 aromatic carbocycles. The summed E-state index contributed by atoms with van der Waals surface area (Å²) in [6, 6.07) is 2.96. The number of benzene rings is 1. The summed E-state index contributed by atoms with van der Waals surface area (Å²) in [5.74, 6) is -0.862. The van der Waals surface area contributed by atoms with Gasteiger partial charge in [-0.25, -0.2) is 9.59 Å². The standard InChI is InChI=1S/C23H29NO8S/c1-9-31-21(26)16-12(2)18(22(27)32-23(3,4)5)33-20(16)24-19(25)13-10-14(28-6)17(30-8)15(11-13)29-7/h10-11H,9H2,1-8H3,(H,24,25). The molecule has 33 heavy (non-hydrogen) atoms. The van der Waals surface area contributed by atoms with Gasteiger partial charge in [0, 0.05) is 5.56 Å². The van der Waals surface area contributed by atoms with Gasteiger partial charge in [-0.2, -0.15) is 0 Å². The molecule has 1 N–H and O–H groups in total. The van der Waals surface area contributed by atoms with Gasteiger partial charge in [0.05, 0.1) is 33.5 Å². The lowest BCUT2D eigenvalue weighted by Gasteiger charge is -2.19. The largest absolute Gasteiger partial charge is 0.493 e. The van der Waals surface area contributed by atoms with Crippen molar-refractivity contribution in [2.75, 3.05) is 33.3 Å². The second-order valence-electron chi connectivity index (χ2n) is 7.85. The Balaban J connectivity index is 2.51. The van der Waals surface area contributed by atoms with Crippen molar-refractivity contribution in [2.24, 2.45) is 0 Å². The zero-order valence-electron chi connectivity index (χ0n) is 20.0. The lowest BCUT2D eigenvalue weighted by Crippen LogP contribution is -2.23. The maximum absolute atomic E-state index is 13.1. The molecule has 0 saturated heterocycles. The number of esters is 2. The van der Waals surface area contributed by atoms with Crippen LogP contribution in [-0.2, 0) is 9.47 Å². The van der Waals surface area contributed by atoms with Crippen molar-refractivity contribution in [3.8, 4) is 17.2 Å². The normalized spacial score (nSPS) is 10.9. The first kappa shape index (κ1) is 26.0. The van der Waals surface area contributed by atoms with Gasteiger partial charge in [-0.05, 0) is 52.3 Å². The van der Waals surface area contributed by atoms with E-state index in [1.807, 2.05) is 0 Å². The van der Waals surface area contributed by atoms with Gasteiger partial charge < -0.3 is 29.0 Å². The Labute approximate surface area is 196 Å². The number of rotatable bonds is 8. The monoisotopic (exact) mass is 479 g/mol. The summed E-state index contributed by atoms with van der Waals surface area (Å²) in [6.07, 6.45) is 0. The lowest BCUT2D eigenvalue weighted by atomic mass is 10.1. The molecule has 0 aliphatic rings. The van der Waals surface area contributed by atoms with Crippen LogP contribution in [0.1, 0.15) is 63.6 Å². The van der Waals surface area contributed by atoms with Crippen LogP contribution in [0.3, 0.4) is 0 Å². The summed E-state index contributed by atoms with van der Waals surface area (Å²) in [5, 5.41) is 2.88. The third-order valence-electron chi connectivity index (χ3n) is 4.36. The quantitative estimate of drug-likeness (QED) is 0.553. The molecule has 1 heterocycles. The Bertz CT molecular complexity index is 1030. The van der Waals surface area contributed by atoms with Crippen molar-refractivity contribution in [2.45, 2.75) is 40.2 Å². The van der Waals surface area contributed by atoms with Gasteiger partial charge in [-0.15, -0.1) is 11.3 Å². The van der Waals surface area contributed by atoms with Crippen LogP contribution in [0.15, 0.2) is 12.1 Å². The molecule has 2 aromatic rings. The van der Waals surface area contributed by atoms with Crippen molar-refractivity contribution in [1.82, 2.24) is 0 Å². The Morgan fingerprint density at radius 3 is 2.00 bits per heavy atom. The minimum atomic E-state index is -0.725. The highest BCUT2D eigenvalue weighted by atomic mass is 32.1. The van der Waals surface area contributed by atoms with Crippen molar-refractivity contribution in [3.05, 3.63) is 33.7 Å². The van der Waals surface area contributed by atoms with Crippen molar-refractivity contribution >= 4 is 34.2 Å². The first-order valence-corrected chi connectivity index (χ1v) is 10.9. The number of thiophene rings is 1. The number of carbonyl (C=O) groups excluding carboxylic acids is 3. The van der Waals surface area contributed by atoms with Gasteiger partial charge in [0.1, 0.15) is 15.5 Å². The molecule has 1 aromatic heterocycles. The second kappa shape index (κ2) is 10.6. The molecule has 2 rings (SSSR count). The maximum Gasteiger partial charge on any atom is 0.349 e. The number of nitrogens with one attached hydrogen (secondary N) is 1. The van der Waals surface area contributed by atoms with E-state index in [1.54, 1.807) is 34.6 Å². The number of hydrogen-bond acceptors (Lipinski definition) is 9. The van der Waals surface area contributed by atoms with Crippen LogP contribution < -0.4 is 19.5 Å². The van der Waals surface area contributed by atoms with Crippen LogP contribution in [0.5, 0.6) is 17.2 Å². The van der Waals surface area contributed by atoms with Crippen molar-refractivity contribution < 1.29 is 38.1 Å². The number of carbonyl (C=O) groups is 3. The van der Waals surface area contributed by atoms with E-state index in [4.69, 9.17) is 23.7 Å². The van der Waals surface area contributed by atoms with Gasteiger partial charge >= 0.3 is 11.9 Å². The molecular weight excluding hydrogens is 450 g/mol. The molecule has 0 fully saturated rings. The number of methoxy groups -OCH3 is 3. The first-order valence-electron chi connectivity index (χ1n) is 10.1. The number of hydrogen-bond donors (Lipinski definition) is 1. The topological polar surface area (TPSA) is 109 Å². The van der Waals surface area contributed by atoms with Crippen LogP contribution in [0, 0.1) is 6.92 Å². The Kier molecular flexibility index (Phi) is 8.32. The minimum Gasteiger partial charge on any atom is -0.493 e. The summed E-state index contributed by atoms with van der Waals surface area (Å²) >= 11 is 0.945. The Hall–Kier alpha value is -3.27. The maximum atomic E-state index is 13.1. The van der Waals surface area contributed by atoms with Crippen LogP contribution in [0.25, 0.3) is 0 Å². The van der Waals surface area contributed by atoms with E-state index in [0.717, 1.165) is 11.3 Å². The van der Waals surface area contributed by atoms with Gasteiger partial charge in [-0.1, -0.05) is 0 Å². The van der Waals surface area contributed by atoms with E-state index in [-0.39, 0.29) is 27.6 Å². The number of anilines is 1. The zero-order chi connectivity index (χ0) is 24.9. The Morgan fingerprint density at radius 2 is 1.55 bits per heavy atom. The van der Waals surface area contributed by atoms with E-state index in [1.165, 1.54) is 33.5 Å². The molecule has 0 unspecified atom stereocenters. The SMILES string of the molecule is CCOC(=O)c1c(NC(=O)c2cc(OC)c(OC)c(OC)c2)sc(C(=O)OC(C)(C)C)c1C. The van der Waals surface area contributed by atoms with E-state index in [2.05, 4.69) is 5.32 Å². The summed E-state index contributed by atoms with van der Waals surface area (Å²) in [7, 11) is 4.33. The fourth-order valence-corrected chi connectivity index (χ4v) is 4.02. The van der Waals surface area contributed by atoms with Gasteiger partial charge in [0.2, 0.25) is 5.75 Å². The van der Waals surface area contributed by atoms with E-state index in [9.17, 15) is 14.4 Å². The highest BCUT2D eigenvalue weighted by molar-refractivity contribution is 7.18. The highest BCUT2D eigenvalue weighted by Gasteiger charge is 2.30. The van der Waals surface area contributed by atoms with E-state index >= 15 is 0 Å². The summed E-state index contributed by atoms with van der Waals surface area (Å²) in [6.45, 7) is 8.64. The average molecular weight is 480 g/mol. The Morgan fingerprint density at radius 1 is 0.970 bits per heavy atom. The number of ether oxygens (including phenoxy) is 5. The van der Waals surface area contributed by atoms with Crippen LogP contribution in [0.2, 0.25) is 0 Å². The van der Waals surface area contributed by atoms with Crippen LogP contribution in [-0.4, -0.2) is 51.4 Å². The third-order valence-corrected chi connectivity index (χ3v) is 5.55. The molecule has 0 atom stereocenters. The number of amides is 1. The fraction of sp³-hybridized carbons (Fsp3) is 0.435. The minimum absolute atomic E-state index is 0.100. The molecule has 1 amide bonds. The zero-order valence-corrected chi connectivity index (χ0v) is 20.9. The third kappa shape index (κ3) is 5.95. The highest BCUT2D eigenvalue weighted by Crippen LogP contribution is 2.39. The lowest BCUT2D eigenvalue weighted by molar-refractivity contribution is 0.00744. The van der Waals surface area contributed by atoms with Gasteiger partial charge in [0.25, 0.3) is 5.91 Å². The van der Waals surface area contributed by atoms with Gasteiger partial charge in [0.15, 0.2) is 11.5 Å². The van der Waals surface area contributed by atoms with Gasteiger partial charge in [-0.3, -0.25) is 4.79 Å². The molecule has 10 heteroatoms. The molecule has 0 aliphatic heterocycles. The predicted molar refractivity (Wildman–Crippen MR) is 124 cm³/mol. The molecule has 0 aliphatic carbocycles. The molecule has 180 valence electrons. The van der Waals surface area contributed by atoms with Crippen LogP contribution in [0.4, 0.5) is 5.00 Å². The average Bonchev–Trinajstić information content (AvgIpc) is 3.07. The second-order valence-corrected chi connectivity index (χ2v) is 8.87. The summed E-state index contributed by atoms with van der Waals surface area (Å²) < 4.78 is 26.5. The molecule has 0 saturated carbocycles. The summed E-state index contributed by atoms with van der Waals surface area (Å²) in [5.41, 5.74) is -0.0578. The smallest absolute Gasteiger partial charge is 0.349 e.